The molecule has 3 nitrogen and oxygen atoms in total. The van der Waals surface area contributed by atoms with E-state index in [-0.39, 0.29) is 4.75 Å². The molecular formula is C12H22N2OS. The second-order valence-corrected chi connectivity index (χ2v) is 6.77. The summed E-state index contributed by atoms with van der Waals surface area (Å²) in [6.45, 7) is 9.47. The van der Waals surface area contributed by atoms with Crippen LogP contribution in [-0.2, 0) is 6.54 Å². The molecule has 1 unspecified atom stereocenters. The van der Waals surface area contributed by atoms with Crippen LogP contribution in [0.2, 0.25) is 0 Å². The maximum Gasteiger partial charge on any atom is 0.105 e. The van der Waals surface area contributed by atoms with Crippen LogP contribution in [-0.4, -0.2) is 25.4 Å². The largest absolute Gasteiger partial charge is 0.386 e. The second-order valence-electron chi connectivity index (χ2n) is 4.92. The lowest BCUT2D eigenvalue weighted by Crippen LogP contribution is -2.15. The highest BCUT2D eigenvalue weighted by atomic mass is 32.2. The average Bonchev–Trinajstić information content (AvgIpc) is 2.62. The zero-order valence-corrected chi connectivity index (χ0v) is 11.4. The fraction of sp³-hybridized carbons (Fsp3) is 0.750. The molecule has 1 heterocycles. The average molecular weight is 242 g/mol. The van der Waals surface area contributed by atoms with Crippen molar-refractivity contribution >= 4 is 11.8 Å². The van der Waals surface area contributed by atoms with Crippen molar-refractivity contribution < 1.29 is 5.11 Å². The van der Waals surface area contributed by atoms with E-state index in [4.69, 9.17) is 0 Å². The van der Waals surface area contributed by atoms with E-state index in [1.165, 1.54) is 0 Å². The molecule has 0 spiro atoms. The quantitative estimate of drug-likeness (QED) is 0.863. The number of aromatic nitrogens is 2. The first-order valence-corrected chi connectivity index (χ1v) is 6.76. The molecule has 0 aliphatic heterocycles. The summed E-state index contributed by atoms with van der Waals surface area (Å²) >= 11 is 1.78. The molecule has 16 heavy (non-hydrogen) atoms. The van der Waals surface area contributed by atoms with E-state index in [1.807, 2.05) is 10.7 Å². The summed E-state index contributed by atoms with van der Waals surface area (Å²) in [5, 5.41) is 14.3. The van der Waals surface area contributed by atoms with Crippen LogP contribution in [0.1, 0.15) is 45.9 Å². The van der Waals surface area contributed by atoms with E-state index in [0.717, 1.165) is 24.4 Å². The van der Waals surface area contributed by atoms with Crippen LogP contribution in [0.4, 0.5) is 0 Å². The van der Waals surface area contributed by atoms with Gasteiger partial charge in [-0.25, -0.2) is 0 Å². The van der Waals surface area contributed by atoms with Gasteiger partial charge in [0, 0.05) is 23.2 Å². The van der Waals surface area contributed by atoms with Gasteiger partial charge in [0.25, 0.3) is 0 Å². The molecule has 1 atom stereocenters. The minimum atomic E-state index is -0.418. The van der Waals surface area contributed by atoms with Crippen molar-refractivity contribution in [1.82, 2.24) is 9.78 Å². The van der Waals surface area contributed by atoms with Gasteiger partial charge in [0.05, 0.1) is 5.69 Å². The van der Waals surface area contributed by atoms with E-state index in [2.05, 4.69) is 32.8 Å². The Bertz CT molecular complexity index is 317. The smallest absolute Gasteiger partial charge is 0.105 e. The van der Waals surface area contributed by atoms with Crippen LogP contribution in [0.15, 0.2) is 12.3 Å². The summed E-state index contributed by atoms with van der Waals surface area (Å²) in [4.78, 5) is 0. The van der Waals surface area contributed by atoms with E-state index in [1.54, 1.807) is 18.0 Å². The monoisotopic (exact) mass is 242 g/mol. The topological polar surface area (TPSA) is 38.0 Å². The van der Waals surface area contributed by atoms with Gasteiger partial charge in [0.1, 0.15) is 6.10 Å². The van der Waals surface area contributed by atoms with Crippen molar-refractivity contribution in [2.45, 2.75) is 51.5 Å². The molecule has 0 radical (unpaired) electrons. The number of aliphatic hydroxyl groups is 1. The van der Waals surface area contributed by atoms with Gasteiger partial charge in [-0.1, -0.05) is 27.7 Å². The fourth-order valence-electron chi connectivity index (χ4n) is 1.44. The maximum atomic E-state index is 10.1. The van der Waals surface area contributed by atoms with Crippen LogP contribution in [0.5, 0.6) is 0 Å². The zero-order chi connectivity index (χ0) is 12.2. The number of aryl methyl sites for hydroxylation is 1. The van der Waals surface area contributed by atoms with Crippen LogP contribution in [0, 0.1) is 0 Å². The predicted octanol–water partition coefficient (Wildman–Crippen LogP) is 2.86. The third kappa shape index (κ3) is 4.18. The van der Waals surface area contributed by atoms with E-state index in [0.29, 0.717) is 0 Å². The number of rotatable bonds is 5. The SMILES string of the molecule is CCCn1nccc1C(O)CSC(C)(C)C. The normalized spacial score (nSPS) is 14.1. The number of nitrogens with zero attached hydrogens (tertiary/aromatic N) is 2. The summed E-state index contributed by atoms with van der Waals surface area (Å²) in [6, 6.07) is 1.91. The number of aliphatic hydroxyl groups excluding tert-OH is 1. The lowest BCUT2D eigenvalue weighted by Gasteiger charge is -2.20. The van der Waals surface area contributed by atoms with Crippen molar-refractivity contribution in [3.8, 4) is 0 Å². The molecule has 1 aromatic heterocycles. The highest BCUT2D eigenvalue weighted by molar-refractivity contribution is 8.00. The molecule has 0 aliphatic rings. The predicted molar refractivity (Wildman–Crippen MR) is 69.7 cm³/mol. The van der Waals surface area contributed by atoms with Crippen molar-refractivity contribution in [1.29, 1.82) is 0 Å². The lowest BCUT2D eigenvalue weighted by atomic mass is 10.2. The first kappa shape index (κ1) is 13.6. The summed E-state index contributed by atoms with van der Waals surface area (Å²) in [5.41, 5.74) is 0.929. The van der Waals surface area contributed by atoms with Crippen LogP contribution >= 0.6 is 11.8 Å². The van der Waals surface area contributed by atoms with Gasteiger partial charge in [-0.3, -0.25) is 4.68 Å². The molecule has 0 aliphatic carbocycles. The minimum Gasteiger partial charge on any atom is -0.386 e. The van der Waals surface area contributed by atoms with Crippen LogP contribution in [0.3, 0.4) is 0 Å². The third-order valence-corrected chi connectivity index (χ3v) is 3.55. The van der Waals surface area contributed by atoms with E-state index < -0.39 is 6.10 Å². The van der Waals surface area contributed by atoms with Gasteiger partial charge in [-0.05, 0) is 12.5 Å². The highest BCUT2D eigenvalue weighted by Gasteiger charge is 2.17. The number of hydrogen-bond acceptors (Lipinski definition) is 3. The Kier molecular flexibility index (Phi) is 4.87. The van der Waals surface area contributed by atoms with Gasteiger partial charge in [-0.2, -0.15) is 16.9 Å². The summed E-state index contributed by atoms with van der Waals surface area (Å²) in [7, 11) is 0. The van der Waals surface area contributed by atoms with Gasteiger partial charge in [0.15, 0.2) is 0 Å². The highest BCUT2D eigenvalue weighted by Crippen LogP contribution is 2.28. The van der Waals surface area contributed by atoms with Crippen molar-refractivity contribution in [3.63, 3.8) is 0 Å². The van der Waals surface area contributed by atoms with Crippen molar-refractivity contribution in [2.75, 3.05) is 5.75 Å². The molecule has 0 aromatic carbocycles. The Labute approximate surface area is 102 Å². The van der Waals surface area contributed by atoms with E-state index in [9.17, 15) is 5.11 Å². The molecule has 0 bridgehead atoms. The van der Waals surface area contributed by atoms with Gasteiger partial charge in [0.2, 0.25) is 0 Å². The first-order chi connectivity index (χ1) is 7.44. The third-order valence-electron chi connectivity index (χ3n) is 2.20. The molecule has 0 amide bonds. The lowest BCUT2D eigenvalue weighted by molar-refractivity contribution is 0.191. The van der Waals surface area contributed by atoms with Crippen LogP contribution in [0.25, 0.3) is 0 Å². The Morgan fingerprint density at radius 3 is 2.75 bits per heavy atom. The molecule has 92 valence electrons. The molecule has 0 saturated heterocycles. The summed E-state index contributed by atoms with van der Waals surface area (Å²) in [5.74, 6) is 0.721. The molecule has 1 N–H and O–H groups in total. The number of hydrogen-bond donors (Lipinski definition) is 1. The Morgan fingerprint density at radius 1 is 1.50 bits per heavy atom. The summed E-state index contributed by atoms with van der Waals surface area (Å²) < 4.78 is 2.09. The Hall–Kier alpha value is -0.480. The van der Waals surface area contributed by atoms with Gasteiger partial charge >= 0.3 is 0 Å². The van der Waals surface area contributed by atoms with Gasteiger partial charge < -0.3 is 5.11 Å². The zero-order valence-electron chi connectivity index (χ0n) is 10.6. The van der Waals surface area contributed by atoms with Gasteiger partial charge in [-0.15, -0.1) is 0 Å². The Balaban J connectivity index is 2.58. The molecule has 1 rings (SSSR count). The number of thioether (sulfide) groups is 1. The molecular weight excluding hydrogens is 220 g/mol. The second kappa shape index (κ2) is 5.73. The molecule has 1 aromatic rings. The van der Waals surface area contributed by atoms with E-state index >= 15 is 0 Å². The van der Waals surface area contributed by atoms with Crippen molar-refractivity contribution in [2.24, 2.45) is 0 Å². The Morgan fingerprint density at radius 2 is 2.19 bits per heavy atom. The first-order valence-electron chi connectivity index (χ1n) is 5.78. The van der Waals surface area contributed by atoms with Crippen LogP contribution < -0.4 is 0 Å². The fourth-order valence-corrected chi connectivity index (χ4v) is 2.27. The van der Waals surface area contributed by atoms with Crippen molar-refractivity contribution in [3.05, 3.63) is 18.0 Å². The minimum absolute atomic E-state index is 0.191. The molecule has 0 saturated carbocycles. The summed E-state index contributed by atoms with van der Waals surface area (Å²) in [6.07, 6.45) is 2.38. The maximum absolute atomic E-state index is 10.1. The standard InChI is InChI=1S/C12H22N2OS/c1-5-8-14-10(6-7-13-14)11(15)9-16-12(2,3)4/h6-7,11,15H,5,8-9H2,1-4H3. The molecule has 4 heteroatoms. The molecule has 0 fully saturated rings.